The Labute approximate surface area is 144 Å². The van der Waals surface area contributed by atoms with Crippen LogP contribution in [0.15, 0.2) is 54.7 Å². The van der Waals surface area contributed by atoms with Crippen LogP contribution in [0.5, 0.6) is 11.5 Å². The molecule has 6 nitrogen and oxygen atoms in total. The minimum atomic E-state index is -0.227. The zero-order valence-corrected chi connectivity index (χ0v) is 13.6. The van der Waals surface area contributed by atoms with Crippen molar-refractivity contribution in [2.24, 2.45) is 0 Å². The first kappa shape index (κ1) is 16.4. The predicted molar refractivity (Wildman–Crippen MR) is 94.3 cm³/mol. The molecule has 1 heterocycles. The molecule has 0 spiro atoms. The molecule has 0 saturated heterocycles. The first-order valence-electron chi connectivity index (χ1n) is 7.72. The van der Waals surface area contributed by atoms with Crippen molar-refractivity contribution in [2.75, 3.05) is 5.32 Å². The third-order valence-corrected chi connectivity index (χ3v) is 3.62. The third-order valence-electron chi connectivity index (χ3n) is 3.62. The van der Waals surface area contributed by atoms with Crippen LogP contribution in [0.25, 0.3) is 11.3 Å². The van der Waals surface area contributed by atoms with Crippen molar-refractivity contribution < 1.29 is 15.0 Å². The molecule has 3 aromatic rings. The summed E-state index contributed by atoms with van der Waals surface area (Å²) in [5.74, 6) is -0.243. The maximum atomic E-state index is 11.4. The Kier molecular flexibility index (Phi) is 4.61. The summed E-state index contributed by atoms with van der Waals surface area (Å²) < 4.78 is 0. The molecule has 2 aromatic carbocycles. The van der Waals surface area contributed by atoms with Gasteiger partial charge in [-0.3, -0.25) is 4.79 Å². The van der Waals surface area contributed by atoms with E-state index in [1.54, 1.807) is 6.07 Å². The van der Waals surface area contributed by atoms with E-state index in [1.165, 1.54) is 25.3 Å². The number of aromatic hydroxyl groups is 2. The Hall–Kier alpha value is -3.41. The fraction of sp³-hybridized carbons (Fsp3) is 0.105. The van der Waals surface area contributed by atoms with Crippen molar-refractivity contribution >= 4 is 11.7 Å². The zero-order valence-electron chi connectivity index (χ0n) is 13.6. The summed E-state index contributed by atoms with van der Waals surface area (Å²) >= 11 is 0. The number of phenols is 2. The Morgan fingerprint density at radius 1 is 1.08 bits per heavy atom. The molecule has 0 aliphatic rings. The van der Waals surface area contributed by atoms with Gasteiger partial charge in [0.05, 0.1) is 17.6 Å². The summed E-state index contributed by atoms with van der Waals surface area (Å²) in [5.41, 5.74) is 2.81. The van der Waals surface area contributed by atoms with Gasteiger partial charge in [-0.2, -0.15) is 0 Å². The van der Waals surface area contributed by atoms with Gasteiger partial charge in [0.1, 0.15) is 0 Å². The number of nitrogens with one attached hydrogen (secondary N) is 1. The van der Waals surface area contributed by atoms with Gasteiger partial charge in [0, 0.05) is 18.9 Å². The van der Waals surface area contributed by atoms with E-state index < -0.39 is 0 Å². The maximum absolute atomic E-state index is 11.4. The van der Waals surface area contributed by atoms with E-state index in [4.69, 9.17) is 0 Å². The molecule has 126 valence electrons. The van der Waals surface area contributed by atoms with Crippen LogP contribution in [0, 0.1) is 0 Å². The Morgan fingerprint density at radius 2 is 1.84 bits per heavy atom. The van der Waals surface area contributed by atoms with Crippen molar-refractivity contribution in [3.05, 3.63) is 66.0 Å². The van der Waals surface area contributed by atoms with Crippen molar-refractivity contribution in [1.82, 2.24) is 9.97 Å². The lowest BCUT2D eigenvalue weighted by molar-refractivity contribution is -0.114. The van der Waals surface area contributed by atoms with Gasteiger partial charge in [0.15, 0.2) is 17.3 Å². The van der Waals surface area contributed by atoms with Gasteiger partial charge in [-0.15, -0.1) is 0 Å². The summed E-state index contributed by atoms with van der Waals surface area (Å²) in [6.07, 6.45) is 2.02. The van der Waals surface area contributed by atoms with Gasteiger partial charge >= 0.3 is 0 Å². The highest BCUT2D eigenvalue weighted by Crippen LogP contribution is 2.30. The highest BCUT2D eigenvalue weighted by Gasteiger charge is 2.12. The topological polar surface area (TPSA) is 95.3 Å². The molecule has 0 fully saturated rings. The van der Waals surface area contributed by atoms with E-state index in [0.717, 1.165) is 5.56 Å². The average molecular weight is 335 g/mol. The lowest BCUT2D eigenvalue weighted by Gasteiger charge is -2.11. The largest absolute Gasteiger partial charge is 0.504 e. The fourth-order valence-electron chi connectivity index (χ4n) is 2.43. The molecule has 3 N–H and O–H groups in total. The second-order valence-electron chi connectivity index (χ2n) is 5.60. The molecule has 0 radical (unpaired) electrons. The number of rotatable bonds is 4. The molecule has 1 amide bonds. The van der Waals surface area contributed by atoms with Crippen LogP contribution in [-0.4, -0.2) is 26.1 Å². The quantitative estimate of drug-likeness (QED) is 0.637. The molecule has 0 saturated carbocycles. The number of benzene rings is 2. The summed E-state index contributed by atoms with van der Waals surface area (Å²) in [6.45, 7) is 1.42. The normalized spacial score (nSPS) is 10.4. The van der Waals surface area contributed by atoms with E-state index in [-0.39, 0.29) is 17.4 Å². The average Bonchev–Trinajstić information content (AvgIpc) is 2.59. The molecular formula is C19H17N3O3. The second-order valence-corrected chi connectivity index (χ2v) is 5.60. The van der Waals surface area contributed by atoms with Crippen LogP contribution in [0.3, 0.4) is 0 Å². The van der Waals surface area contributed by atoms with Crippen molar-refractivity contribution in [3.63, 3.8) is 0 Å². The second kappa shape index (κ2) is 7.00. The van der Waals surface area contributed by atoms with Crippen molar-refractivity contribution in [3.8, 4) is 22.8 Å². The fourth-order valence-corrected chi connectivity index (χ4v) is 2.43. The van der Waals surface area contributed by atoms with E-state index in [0.29, 0.717) is 29.2 Å². The smallest absolute Gasteiger partial charge is 0.222 e. The molecule has 0 aliphatic heterocycles. The Bertz CT molecular complexity index is 911. The summed E-state index contributed by atoms with van der Waals surface area (Å²) in [4.78, 5) is 20.3. The first-order valence-corrected chi connectivity index (χ1v) is 7.72. The molecule has 1 aromatic heterocycles. The van der Waals surface area contributed by atoms with Gasteiger partial charge in [-0.25, -0.2) is 9.97 Å². The molecule has 0 bridgehead atoms. The number of hydrogen-bond donors (Lipinski definition) is 3. The highest BCUT2D eigenvalue weighted by molar-refractivity contribution is 5.88. The summed E-state index contributed by atoms with van der Waals surface area (Å²) in [5, 5.41) is 21.8. The number of amides is 1. The number of anilines is 1. The van der Waals surface area contributed by atoms with Crippen LogP contribution < -0.4 is 5.32 Å². The van der Waals surface area contributed by atoms with Gasteiger partial charge in [0.2, 0.25) is 5.91 Å². The lowest BCUT2D eigenvalue weighted by Crippen LogP contribution is -2.12. The Balaban J connectivity index is 2.02. The Morgan fingerprint density at radius 3 is 2.52 bits per heavy atom. The van der Waals surface area contributed by atoms with Crippen LogP contribution in [-0.2, 0) is 11.2 Å². The maximum Gasteiger partial charge on any atom is 0.222 e. The first-order chi connectivity index (χ1) is 12.0. The van der Waals surface area contributed by atoms with Crippen molar-refractivity contribution in [1.29, 1.82) is 0 Å². The highest BCUT2D eigenvalue weighted by atomic mass is 16.3. The lowest BCUT2D eigenvalue weighted by atomic mass is 10.1. The molecule has 3 rings (SSSR count). The SMILES string of the molecule is CC(=O)Nc1ncc(-c2ccc(O)c(O)c2)nc1Cc1ccccc1. The monoisotopic (exact) mass is 335 g/mol. The van der Waals surface area contributed by atoms with E-state index in [1.807, 2.05) is 30.3 Å². The molecule has 6 heteroatoms. The van der Waals surface area contributed by atoms with Crippen molar-refractivity contribution in [2.45, 2.75) is 13.3 Å². The summed E-state index contributed by atoms with van der Waals surface area (Å²) in [6, 6.07) is 14.2. The summed E-state index contributed by atoms with van der Waals surface area (Å²) in [7, 11) is 0. The van der Waals surface area contributed by atoms with E-state index >= 15 is 0 Å². The van der Waals surface area contributed by atoms with E-state index in [9.17, 15) is 15.0 Å². The number of aromatic nitrogens is 2. The van der Waals surface area contributed by atoms with Gasteiger partial charge in [0.25, 0.3) is 0 Å². The molecular weight excluding hydrogens is 318 g/mol. The van der Waals surface area contributed by atoms with Crippen LogP contribution in [0.1, 0.15) is 18.2 Å². The van der Waals surface area contributed by atoms with Crippen LogP contribution in [0.4, 0.5) is 5.82 Å². The standard InChI is InChI=1S/C19H17N3O3/c1-12(23)21-19-15(9-13-5-3-2-4-6-13)22-16(11-20-19)14-7-8-17(24)18(25)10-14/h2-8,10-11,24-25H,9H2,1H3,(H,20,21,23). The number of carbonyl (C=O) groups excluding carboxylic acids is 1. The number of phenolic OH excluding ortho intramolecular Hbond substituents is 2. The van der Waals surface area contributed by atoms with Crippen LogP contribution in [0.2, 0.25) is 0 Å². The minimum absolute atomic E-state index is 0.198. The molecule has 25 heavy (non-hydrogen) atoms. The minimum Gasteiger partial charge on any atom is -0.504 e. The molecule has 0 unspecified atom stereocenters. The van der Waals surface area contributed by atoms with Gasteiger partial charge in [-0.1, -0.05) is 30.3 Å². The number of nitrogens with zero attached hydrogens (tertiary/aromatic N) is 2. The number of carbonyl (C=O) groups is 1. The predicted octanol–water partition coefficient (Wildman–Crippen LogP) is 3.10. The van der Waals surface area contributed by atoms with Crippen LogP contribution >= 0.6 is 0 Å². The number of hydrogen-bond acceptors (Lipinski definition) is 5. The zero-order chi connectivity index (χ0) is 17.8. The molecule has 0 aliphatic carbocycles. The van der Waals surface area contributed by atoms with E-state index in [2.05, 4.69) is 15.3 Å². The molecule has 0 atom stereocenters. The van der Waals surface area contributed by atoms with Gasteiger partial charge in [-0.05, 0) is 23.8 Å². The van der Waals surface area contributed by atoms with Gasteiger partial charge < -0.3 is 15.5 Å². The third kappa shape index (κ3) is 3.92.